The number of rotatable bonds is 23. The minimum atomic E-state index is -4.64. The second-order valence-electron chi connectivity index (χ2n) is 16.3. The van der Waals surface area contributed by atoms with Crippen molar-refractivity contribution in [1.29, 1.82) is 0 Å². The van der Waals surface area contributed by atoms with Crippen LogP contribution in [0.3, 0.4) is 0 Å². The van der Waals surface area contributed by atoms with Crippen molar-refractivity contribution >= 4 is 185 Å². The van der Waals surface area contributed by atoms with Gasteiger partial charge in [0.15, 0.2) is 11.1 Å². The molecule has 4 unspecified atom stereocenters. The molecule has 0 bridgehead atoms. The van der Waals surface area contributed by atoms with E-state index in [1.54, 1.807) is 23.1 Å². The Labute approximate surface area is 459 Å². The van der Waals surface area contributed by atoms with Crippen molar-refractivity contribution in [3.63, 3.8) is 0 Å². The van der Waals surface area contributed by atoms with Gasteiger partial charge in [0, 0.05) is 68.8 Å². The molecule has 0 amide bonds. The number of fused-ring (bicyclic) bond motifs is 2. The first-order valence-electron chi connectivity index (χ1n) is 20.8. The van der Waals surface area contributed by atoms with Crippen molar-refractivity contribution in [1.82, 2.24) is 0 Å². The first-order chi connectivity index (χ1) is 29.9. The highest BCUT2D eigenvalue weighted by molar-refractivity contribution is 14.1. The Morgan fingerprint density at radius 3 is 1.95 bits per heavy atom. The number of halogens is 6. The average Bonchev–Trinajstić information content (AvgIpc) is 3.56. The first kappa shape index (κ1) is 56.6. The van der Waals surface area contributed by atoms with Crippen LogP contribution in [0.25, 0.3) is 0 Å². The van der Waals surface area contributed by atoms with Gasteiger partial charge < -0.3 is 15.1 Å². The Kier molecular flexibility index (Phi) is 21.4. The molecule has 0 aromatic heterocycles. The highest BCUT2D eigenvalue weighted by Gasteiger charge is 2.55. The fourth-order valence-corrected chi connectivity index (χ4v) is 15.7. The number of nitrogens with zero attached hydrogens (tertiary/aromatic N) is 2. The number of aliphatic carboxylic acids is 2. The van der Waals surface area contributed by atoms with Gasteiger partial charge in [-0.1, -0.05) is 76.3 Å². The van der Waals surface area contributed by atoms with E-state index in [1.165, 1.54) is 0 Å². The first-order valence-corrected chi connectivity index (χ1v) is 30.3. The molecule has 2 aliphatic rings. The Morgan fingerprint density at radius 2 is 1.38 bits per heavy atom. The fourth-order valence-electron chi connectivity index (χ4n) is 8.88. The Morgan fingerprint density at radius 1 is 0.766 bits per heavy atom. The SMILES string of the molecule is CCCCC(C(=O)O)C1(C)/C(=C/C=C/C=C/C=C/C2=[N+](CCCS(=O)(=O)O)c3cc(I)c(I)c(I)c3C2(C)CCCCCC(=O)O)N(C(CCC)S(=O)(=O)O)c2cc(I)c(I)c(I)c21. The molecule has 4 rings (SSSR count). The van der Waals surface area contributed by atoms with Crippen LogP contribution in [0.5, 0.6) is 0 Å². The van der Waals surface area contributed by atoms with E-state index in [0.29, 0.717) is 50.0 Å². The molecule has 352 valence electrons. The largest absolute Gasteiger partial charge is 0.481 e. The van der Waals surface area contributed by atoms with Gasteiger partial charge in [0.25, 0.3) is 20.2 Å². The zero-order chi connectivity index (χ0) is 47.9. The maximum absolute atomic E-state index is 13.3. The van der Waals surface area contributed by atoms with Gasteiger partial charge in [-0.3, -0.25) is 18.7 Å². The predicted molar refractivity (Wildman–Crippen MR) is 304 cm³/mol. The number of allylic oxidation sites excluding steroid dienone is 8. The second kappa shape index (κ2) is 24.2. The van der Waals surface area contributed by atoms with Crippen LogP contribution in [-0.4, -0.2) is 76.1 Å². The van der Waals surface area contributed by atoms with Crippen LogP contribution in [0, 0.1) is 27.3 Å². The maximum Gasteiger partial charge on any atom is 0.307 e. The molecule has 64 heavy (non-hydrogen) atoms. The van der Waals surface area contributed by atoms with E-state index in [0.717, 1.165) is 63.2 Å². The summed E-state index contributed by atoms with van der Waals surface area (Å²) >= 11 is 13.7. The molecule has 0 saturated carbocycles. The number of anilines is 1. The lowest BCUT2D eigenvalue weighted by Crippen LogP contribution is -2.45. The molecule has 2 aromatic rings. The molecular formula is C44H53I6N2O10S2+. The molecule has 2 aliphatic heterocycles. The lowest BCUT2D eigenvalue weighted by Gasteiger charge is -2.37. The lowest BCUT2D eigenvalue weighted by atomic mass is 9.69. The topological polar surface area (TPSA) is 190 Å². The minimum absolute atomic E-state index is 0.0925. The third-order valence-electron chi connectivity index (χ3n) is 11.9. The van der Waals surface area contributed by atoms with E-state index >= 15 is 0 Å². The van der Waals surface area contributed by atoms with E-state index < -0.39 is 60.0 Å². The quantitative estimate of drug-likeness (QED) is 0.0207. The van der Waals surface area contributed by atoms with Gasteiger partial charge in [-0.25, -0.2) is 0 Å². The molecule has 4 N–H and O–H groups in total. The molecule has 20 heteroatoms. The van der Waals surface area contributed by atoms with E-state index in [-0.39, 0.29) is 19.3 Å². The maximum atomic E-state index is 13.3. The molecule has 0 saturated heterocycles. The smallest absolute Gasteiger partial charge is 0.307 e. The Hall–Kier alpha value is 0.0100. The predicted octanol–water partition coefficient (Wildman–Crippen LogP) is 12.2. The molecule has 0 fully saturated rings. The lowest BCUT2D eigenvalue weighted by molar-refractivity contribution is -0.437. The standard InChI is InChI=1S/C44H52I6N2O10S2/c1-5-7-18-27(42(55)56)44(4)33(52(34(17-6-2)64(60,61)62)31-26-29(46)39(48)41(50)37(31)44)20-13-10-8-9-12-19-32-43(3,22-15-11-14-21-35(53)54)36-30(25-28(45)38(47)40(36)49)51(32)23-16-24-63(57,58)59/h8-10,12-13,19-20,25-27,34H,5-7,11,14-18,21-24H2,1-4H3,(H3-,53,54,55,56,57,58,59,60,61,62)/p+1. The number of carbonyl (C=O) groups is 2. The summed E-state index contributed by atoms with van der Waals surface area (Å²) in [5.41, 5.74) is 3.10. The number of benzene rings is 2. The molecule has 2 heterocycles. The van der Waals surface area contributed by atoms with Crippen LogP contribution < -0.4 is 4.90 Å². The van der Waals surface area contributed by atoms with Gasteiger partial charge in [0.1, 0.15) is 6.54 Å². The summed E-state index contributed by atoms with van der Waals surface area (Å²) in [5, 5.41) is 18.7. The molecule has 0 aliphatic carbocycles. The summed E-state index contributed by atoms with van der Waals surface area (Å²) in [6.45, 7) is 8.22. The molecule has 12 nitrogen and oxygen atoms in total. The number of unbranched alkanes of at least 4 members (excludes halogenated alkanes) is 3. The third-order valence-corrected chi connectivity index (χ3v) is 24.0. The van der Waals surface area contributed by atoms with Crippen molar-refractivity contribution in [2.45, 2.75) is 115 Å². The zero-order valence-corrected chi connectivity index (χ0v) is 50.3. The minimum Gasteiger partial charge on any atom is -0.481 e. The van der Waals surface area contributed by atoms with Crippen molar-refractivity contribution in [2.24, 2.45) is 5.92 Å². The third kappa shape index (κ3) is 13.0. The summed E-state index contributed by atoms with van der Waals surface area (Å²) in [7, 11) is -8.84. The van der Waals surface area contributed by atoms with Gasteiger partial charge >= 0.3 is 11.9 Å². The van der Waals surface area contributed by atoms with E-state index in [4.69, 9.17) is 0 Å². The van der Waals surface area contributed by atoms with Gasteiger partial charge in [-0.15, -0.1) is 0 Å². The van der Waals surface area contributed by atoms with Crippen LogP contribution in [0.15, 0.2) is 60.4 Å². The number of hydrogen-bond acceptors (Lipinski definition) is 7. The van der Waals surface area contributed by atoms with Gasteiger partial charge in [0.05, 0.1) is 22.6 Å². The van der Waals surface area contributed by atoms with Crippen LogP contribution in [-0.2, 0) is 40.7 Å². The second-order valence-corrected chi connectivity index (χ2v) is 26.1. The van der Waals surface area contributed by atoms with Crippen molar-refractivity contribution < 1.29 is 50.3 Å². The van der Waals surface area contributed by atoms with Gasteiger partial charge in [0.2, 0.25) is 5.69 Å². The highest BCUT2D eigenvalue weighted by Crippen LogP contribution is 2.57. The van der Waals surface area contributed by atoms with Crippen LogP contribution in [0.1, 0.15) is 109 Å². The van der Waals surface area contributed by atoms with Crippen LogP contribution in [0.4, 0.5) is 11.4 Å². The molecular weight excluding hydrogens is 1540 g/mol. The zero-order valence-electron chi connectivity index (χ0n) is 35.8. The molecule has 4 atom stereocenters. The van der Waals surface area contributed by atoms with Crippen LogP contribution >= 0.6 is 136 Å². The summed E-state index contributed by atoms with van der Waals surface area (Å²) in [4.78, 5) is 26.1. The number of carboxylic acids is 2. The normalized spacial score (nSPS) is 20.6. The fraction of sp³-hybridized carbons (Fsp3) is 0.477. The monoisotopic (exact) mass is 1590 g/mol. The summed E-state index contributed by atoms with van der Waals surface area (Å²) in [5.74, 6) is -3.12. The van der Waals surface area contributed by atoms with Gasteiger partial charge in [-0.05, 0) is 187 Å². The van der Waals surface area contributed by atoms with E-state index in [9.17, 15) is 45.7 Å². The Bertz CT molecular complexity index is 2510. The molecule has 0 spiro atoms. The summed E-state index contributed by atoms with van der Waals surface area (Å²) in [6.07, 6.45) is 18.3. The van der Waals surface area contributed by atoms with E-state index in [2.05, 4.69) is 153 Å². The van der Waals surface area contributed by atoms with Gasteiger partial charge in [-0.2, -0.15) is 21.4 Å². The van der Waals surface area contributed by atoms with Crippen molar-refractivity contribution in [3.05, 3.63) is 92.9 Å². The van der Waals surface area contributed by atoms with Crippen molar-refractivity contribution in [3.8, 4) is 0 Å². The summed E-state index contributed by atoms with van der Waals surface area (Å²) < 4.78 is 78.4. The summed E-state index contributed by atoms with van der Waals surface area (Å²) in [6, 6.07) is 3.99. The highest BCUT2D eigenvalue weighted by atomic mass is 127. The molecule has 0 radical (unpaired) electrons. The van der Waals surface area contributed by atoms with Crippen LogP contribution in [0.2, 0.25) is 0 Å². The van der Waals surface area contributed by atoms with Crippen molar-refractivity contribution in [2.75, 3.05) is 17.2 Å². The Balaban J connectivity index is 1.86. The number of carboxylic acid groups (broad SMARTS) is 2. The average molecular weight is 1600 g/mol. The van der Waals surface area contributed by atoms with E-state index in [1.807, 2.05) is 51.1 Å². The number of hydrogen-bond donors (Lipinski definition) is 4. The molecule has 2 aromatic carbocycles.